The highest BCUT2D eigenvalue weighted by atomic mass is 31.1. The minimum absolute atomic E-state index is 0.405. The van der Waals surface area contributed by atoms with E-state index < -0.39 is 8.22 Å². The predicted octanol–water partition coefficient (Wildman–Crippen LogP) is 1.60. The smallest absolute Gasteiger partial charge is 0.159 e. The van der Waals surface area contributed by atoms with Gasteiger partial charge in [0.1, 0.15) is 0 Å². The van der Waals surface area contributed by atoms with E-state index in [9.17, 15) is 0 Å². The molecule has 0 saturated carbocycles. The van der Waals surface area contributed by atoms with Gasteiger partial charge in [-0.1, -0.05) is 6.08 Å². The Morgan fingerprint density at radius 2 is 2.00 bits per heavy atom. The second kappa shape index (κ2) is 1.49. The monoisotopic (exact) mass is 124 g/mol. The fraction of sp³-hybridized carbons (Fsp3) is 0.200. The molecule has 2 bridgehead atoms. The normalized spacial score (nSPS) is 39.0. The summed E-state index contributed by atoms with van der Waals surface area (Å²) in [6.45, 7) is 0. The van der Waals surface area contributed by atoms with Crippen molar-refractivity contribution >= 4 is 20.7 Å². The van der Waals surface area contributed by atoms with E-state index in [1.54, 1.807) is 0 Å². The van der Waals surface area contributed by atoms with Gasteiger partial charge in [-0.25, -0.2) is 9.53 Å². The van der Waals surface area contributed by atoms with Crippen molar-refractivity contribution in [2.24, 2.45) is 15.4 Å². The second-order valence-corrected chi connectivity index (χ2v) is 3.17. The third kappa shape index (κ3) is 0.532. The van der Waals surface area contributed by atoms with Gasteiger partial charge in [-0.05, 0) is 5.82 Å². The first-order valence-electron chi connectivity index (χ1n) is 2.51. The molecular weight excluding hydrogens is 119 g/mol. The fourth-order valence-electron chi connectivity index (χ4n) is 0.712. The molecule has 0 saturated heterocycles. The zero-order chi connectivity index (χ0) is 5.40. The van der Waals surface area contributed by atoms with Crippen molar-refractivity contribution in [3.63, 3.8) is 0 Å². The lowest BCUT2D eigenvalue weighted by Gasteiger charge is -2.14. The van der Waals surface area contributed by atoms with Crippen LogP contribution in [0.1, 0.15) is 0 Å². The van der Waals surface area contributed by atoms with Crippen LogP contribution >= 0.6 is 8.22 Å². The van der Waals surface area contributed by atoms with Crippen molar-refractivity contribution in [2.75, 3.05) is 0 Å². The van der Waals surface area contributed by atoms with Crippen molar-refractivity contribution in [1.29, 1.82) is 0 Å². The lowest BCUT2D eigenvalue weighted by molar-refractivity contribution is 1.26. The maximum atomic E-state index is 4.15. The number of allylic oxidation sites excluding steroid dienone is 1. The van der Waals surface area contributed by atoms with E-state index >= 15 is 0 Å². The lowest BCUT2D eigenvalue weighted by atomic mass is 10.2. The molecule has 0 aliphatic carbocycles. The number of nitrogens with zero attached hydrogens (tertiary/aromatic N) is 2. The third-order valence-corrected chi connectivity index (χ3v) is 2.33. The molecule has 40 valence electrons. The van der Waals surface area contributed by atoms with E-state index in [0.29, 0.717) is 5.92 Å². The Balaban J connectivity index is 2.39. The molecule has 0 amide bonds. The Morgan fingerprint density at radius 1 is 1.25 bits per heavy atom. The lowest BCUT2D eigenvalue weighted by Crippen LogP contribution is -2.04. The molecule has 3 aliphatic rings. The molecule has 8 heavy (non-hydrogen) atoms. The van der Waals surface area contributed by atoms with Crippen LogP contribution in [0.3, 0.4) is 0 Å². The van der Waals surface area contributed by atoms with Crippen LogP contribution in [0.2, 0.25) is 0 Å². The Morgan fingerprint density at radius 3 is 2.12 bits per heavy atom. The minimum atomic E-state index is -0.445. The largest absolute Gasteiger partial charge is 0.245 e. The van der Waals surface area contributed by atoms with Crippen LogP contribution in [0.4, 0.5) is 0 Å². The molecule has 0 N–H and O–H groups in total. The molecule has 0 radical (unpaired) electrons. The Hall–Kier alpha value is -0.490. The summed E-state index contributed by atoms with van der Waals surface area (Å²) >= 11 is 0. The number of hydrogen-bond acceptors (Lipinski definition) is 2. The van der Waals surface area contributed by atoms with Gasteiger partial charge < -0.3 is 0 Å². The average Bonchev–Trinajstić information content (AvgIpc) is 1.92. The van der Waals surface area contributed by atoms with Crippen LogP contribution in [0.25, 0.3) is 0 Å². The average molecular weight is 124 g/mol. The van der Waals surface area contributed by atoms with Crippen LogP contribution in [0, 0.1) is 5.92 Å². The second-order valence-electron chi connectivity index (χ2n) is 1.77. The van der Waals surface area contributed by atoms with E-state index in [-0.39, 0.29) is 0 Å². The van der Waals surface area contributed by atoms with Gasteiger partial charge in [0.15, 0.2) is 8.22 Å². The fourth-order valence-corrected chi connectivity index (χ4v) is 1.86. The third-order valence-electron chi connectivity index (χ3n) is 1.16. The summed E-state index contributed by atoms with van der Waals surface area (Å²) in [6, 6.07) is 0. The maximum Gasteiger partial charge on any atom is 0.159 e. The highest BCUT2D eigenvalue weighted by Gasteiger charge is 2.12. The molecule has 2 nitrogen and oxygen atoms in total. The number of hydrogen-bond donors (Lipinski definition) is 0. The molecule has 0 aromatic rings. The zero-order valence-corrected chi connectivity index (χ0v) is 5.12. The van der Waals surface area contributed by atoms with E-state index in [1.165, 1.54) is 0 Å². The van der Waals surface area contributed by atoms with E-state index in [1.807, 2.05) is 12.4 Å². The molecule has 0 unspecified atom stereocenters. The van der Waals surface area contributed by atoms with Crippen molar-refractivity contribution in [3.05, 3.63) is 11.9 Å². The minimum Gasteiger partial charge on any atom is -0.245 e. The molecule has 0 aromatic carbocycles. The first-order chi connectivity index (χ1) is 3.95. The van der Waals surface area contributed by atoms with Crippen molar-refractivity contribution in [2.45, 2.75) is 0 Å². The SMILES string of the molecule is C1=CP2N=CC1C=N2. The summed E-state index contributed by atoms with van der Waals surface area (Å²) in [6.07, 6.45) is 6.06. The summed E-state index contributed by atoms with van der Waals surface area (Å²) in [5.74, 6) is 2.49. The van der Waals surface area contributed by atoms with Gasteiger partial charge in [-0.2, -0.15) is 0 Å². The maximum absolute atomic E-state index is 4.15. The van der Waals surface area contributed by atoms with E-state index in [2.05, 4.69) is 21.4 Å². The molecule has 0 aromatic heterocycles. The molecule has 3 heterocycles. The summed E-state index contributed by atoms with van der Waals surface area (Å²) in [4.78, 5) is 0. The van der Waals surface area contributed by atoms with E-state index in [0.717, 1.165) is 0 Å². The molecule has 3 aliphatic heterocycles. The van der Waals surface area contributed by atoms with Gasteiger partial charge in [0, 0.05) is 18.3 Å². The Kier molecular flexibility index (Phi) is 0.820. The van der Waals surface area contributed by atoms with Crippen molar-refractivity contribution in [1.82, 2.24) is 0 Å². The van der Waals surface area contributed by atoms with E-state index in [4.69, 9.17) is 0 Å². The zero-order valence-electron chi connectivity index (χ0n) is 4.23. The van der Waals surface area contributed by atoms with Crippen molar-refractivity contribution in [3.8, 4) is 0 Å². The highest BCUT2D eigenvalue weighted by Crippen LogP contribution is 2.45. The standard InChI is InChI=1S/C5H5N2P/c1-2-8-6-3-5(1)4-7-8/h1-5H. The molecule has 3 heteroatoms. The topological polar surface area (TPSA) is 24.7 Å². The molecule has 0 spiro atoms. The van der Waals surface area contributed by atoms with Crippen molar-refractivity contribution < 1.29 is 0 Å². The summed E-state index contributed by atoms with van der Waals surface area (Å²) in [5.41, 5.74) is 0. The van der Waals surface area contributed by atoms with Gasteiger partial charge in [0.05, 0.1) is 0 Å². The molecule has 3 rings (SSSR count). The molecular formula is C5H5N2P. The van der Waals surface area contributed by atoms with Gasteiger partial charge in [0.2, 0.25) is 0 Å². The summed E-state index contributed by atoms with van der Waals surface area (Å²) in [5, 5.41) is 0. The van der Waals surface area contributed by atoms with Crippen LogP contribution in [0.5, 0.6) is 0 Å². The molecule has 0 atom stereocenters. The van der Waals surface area contributed by atoms with Crippen LogP contribution in [-0.2, 0) is 0 Å². The van der Waals surface area contributed by atoms with Crippen LogP contribution in [-0.4, -0.2) is 12.4 Å². The first kappa shape index (κ1) is 4.39. The van der Waals surface area contributed by atoms with Crippen LogP contribution < -0.4 is 0 Å². The van der Waals surface area contributed by atoms with Crippen LogP contribution in [0.15, 0.2) is 21.4 Å². The van der Waals surface area contributed by atoms with Gasteiger partial charge in [-0.15, -0.1) is 0 Å². The Bertz CT molecular complexity index is 132. The predicted molar refractivity (Wildman–Crippen MR) is 36.5 cm³/mol. The number of rotatable bonds is 0. The summed E-state index contributed by atoms with van der Waals surface area (Å²) in [7, 11) is -0.445. The highest BCUT2D eigenvalue weighted by molar-refractivity contribution is 7.58. The molecule has 0 fully saturated rings. The van der Waals surface area contributed by atoms with Gasteiger partial charge in [-0.3, -0.25) is 0 Å². The Labute approximate surface area is 48.9 Å². The summed E-state index contributed by atoms with van der Waals surface area (Å²) < 4.78 is 8.31. The van der Waals surface area contributed by atoms with Gasteiger partial charge in [0.25, 0.3) is 0 Å². The van der Waals surface area contributed by atoms with Gasteiger partial charge >= 0.3 is 0 Å². The quantitative estimate of drug-likeness (QED) is 0.438. The first-order valence-corrected chi connectivity index (χ1v) is 3.82.